The van der Waals surface area contributed by atoms with Gasteiger partial charge >= 0.3 is 0 Å². The Hall–Kier alpha value is -0.850. The van der Waals surface area contributed by atoms with Crippen molar-refractivity contribution in [1.29, 1.82) is 5.26 Å². The Balaban J connectivity index is 4.01. The minimum Gasteiger partial charge on any atom is -0.353 e. The predicted octanol–water partition coefficient (Wildman–Crippen LogP) is 2.25. The summed E-state index contributed by atoms with van der Waals surface area (Å²) in [6.07, 6.45) is 2.04. The molecule has 0 fully saturated rings. The predicted molar refractivity (Wildman–Crippen MR) is 51.0 cm³/mol. The summed E-state index contributed by atoms with van der Waals surface area (Å²) in [5.41, 5.74) is 0.701. The first-order valence-electron chi connectivity index (χ1n) is 4.56. The smallest absolute Gasteiger partial charge is 0.162 e. The lowest BCUT2D eigenvalue weighted by atomic mass is 10.2. The molecule has 0 amide bonds. The normalized spacial score (nSPS) is 11.8. The Morgan fingerprint density at radius 2 is 1.92 bits per heavy atom. The largest absolute Gasteiger partial charge is 0.353 e. The van der Waals surface area contributed by atoms with E-state index >= 15 is 0 Å². The zero-order chi connectivity index (χ0) is 10.1. The van der Waals surface area contributed by atoms with Gasteiger partial charge in [-0.15, -0.1) is 0 Å². The van der Waals surface area contributed by atoms with Gasteiger partial charge in [0.05, 0.1) is 6.07 Å². The van der Waals surface area contributed by atoms with Crippen molar-refractivity contribution in [3.05, 3.63) is 11.6 Å². The third kappa shape index (κ3) is 5.40. The molecule has 0 unspecified atom stereocenters. The van der Waals surface area contributed by atoms with Gasteiger partial charge in [-0.3, -0.25) is 0 Å². The Labute approximate surface area is 80.0 Å². The Morgan fingerprint density at radius 3 is 2.23 bits per heavy atom. The maximum absolute atomic E-state index is 8.68. The second-order valence-corrected chi connectivity index (χ2v) is 2.47. The molecule has 0 atom stereocenters. The third-order valence-electron chi connectivity index (χ3n) is 1.58. The SMILES string of the molecule is C/C=C(/C#N)CC(OCC)OCC. The molecule has 0 spiro atoms. The van der Waals surface area contributed by atoms with Crippen LogP contribution in [0.5, 0.6) is 0 Å². The Kier molecular flexibility index (Phi) is 7.27. The van der Waals surface area contributed by atoms with Crippen LogP contribution in [0.2, 0.25) is 0 Å². The van der Waals surface area contributed by atoms with Crippen LogP contribution >= 0.6 is 0 Å². The van der Waals surface area contributed by atoms with E-state index in [1.54, 1.807) is 6.08 Å². The highest BCUT2D eigenvalue weighted by Gasteiger charge is 2.09. The molecule has 0 aliphatic heterocycles. The highest BCUT2D eigenvalue weighted by molar-refractivity contribution is 5.19. The van der Waals surface area contributed by atoms with Crippen molar-refractivity contribution in [2.24, 2.45) is 0 Å². The average molecular weight is 183 g/mol. The number of nitriles is 1. The number of rotatable bonds is 6. The molecule has 0 aliphatic carbocycles. The maximum Gasteiger partial charge on any atom is 0.162 e. The highest BCUT2D eigenvalue weighted by atomic mass is 16.7. The first kappa shape index (κ1) is 12.2. The quantitative estimate of drug-likeness (QED) is 0.468. The third-order valence-corrected chi connectivity index (χ3v) is 1.58. The van der Waals surface area contributed by atoms with Crippen LogP contribution in [0.4, 0.5) is 0 Å². The van der Waals surface area contributed by atoms with Crippen LogP contribution < -0.4 is 0 Å². The minimum absolute atomic E-state index is 0.277. The summed E-state index contributed by atoms with van der Waals surface area (Å²) < 4.78 is 10.6. The number of hydrogen-bond acceptors (Lipinski definition) is 3. The molecule has 0 aromatic heterocycles. The molecule has 74 valence electrons. The standard InChI is InChI=1S/C10H17NO2/c1-4-9(8-11)7-10(12-5-2)13-6-3/h4,10H,5-7H2,1-3H3/b9-4+. The Bertz CT molecular complexity index is 188. The zero-order valence-corrected chi connectivity index (χ0v) is 8.54. The zero-order valence-electron chi connectivity index (χ0n) is 8.54. The molecule has 0 aliphatic rings. The van der Waals surface area contributed by atoms with Crippen LogP contribution in [-0.2, 0) is 9.47 Å². The maximum atomic E-state index is 8.68. The molecular weight excluding hydrogens is 166 g/mol. The lowest BCUT2D eigenvalue weighted by molar-refractivity contribution is -0.134. The fourth-order valence-corrected chi connectivity index (χ4v) is 0.945. The monoisotopic (exact) mass is 183 g/mol. The molecule has 0 aromatic rings. The lowest BCUT2D eigenvalue weighted by Gasteiger charge is -2.15. The van der Waals surface area contributed by atoms with E-state index in [1.165, 1.54) is 0 Å². The van der Waals surface area contributed by atoms with Gasteiger partial charge in [-0.05, 0) is 20.8 Å². The van der Waals surface area contributed by atoms with Crippen molar-refractivity contribution in [3.8, 4) is 6.07 Å². The van der Waals surface area contributed by atoms with Crippen LogP contribution in [-0.4, -0.2) is 19.5 Å². The average Bonchev–Trinajstić information content (AvgIpc) is 2.14. The van der Waals surface area contributed by atoms with Gasteiger partial charge in [-0.1, -0.05) is 6.08 Å². The van der Waals surface area contributed by atoms with E-state index in [2.05, 4.69) is 6.07 Å². The summed E-state index contributed by atoms with van der Waals surface area (Å²) >= 11 is 0. The van der Waals surface area contributed by atoms with E-state index in [0.717, 1.165) is 0 Å². The molecule has 0 heterocycles. The number of nitrogens with zero attached hydrogens (tertiary/aromatic N) is 1. The van der Waals surface area contributed by atoms with E-state index in [4.69, 9.17) is 14.7 Å². The summed E-state index contributed by atoms with van der Waals surface area (Å²) in [4.78, 5) is 0. The molecule has 13 heavy (non-hydrogen) atoms. The fraction of sp³-hybridized carbons (Fsp3) is 0.700. The van der Waals surface area contributed by atoms with Crippen LogP contribution in [0.1, 0.15) is 27.2 Å². The van der Waals surface area contributed by atoms with E-state index < -0.39 is 0 Å². The first-order chi connectivity index (χ1) is 6.28. The molecule has 0 N–H and O–H groups in total. The van der Waals surface area contributed by atoms with E-state index in [9.17, 15) is 0 Å². The van der Waals surface area contributed by atoms with Gasteiger partial charge in [0.1, 0.15) is 0 Å². The second kappa shape index (κ2) is 7.78. The van der Waals surface area contributed by atoms with Crippen LogP contribution in [0.25, 0.3) is 0 Å². The van der Waals surface area contributed by atoms with E-state index in [0.29, 0.717) is 25.2 Å². The van der Waals surface area contributed by atoms with Gasteiger partial charge in [0.15, 0.2) is 6.29 Å². The summed E-state index contributed by atoms with van der Waals surface area (Å²) in [7, 11) is 0. The second-order valence-electron chi connectivity index (χ2n) is 2.47. The topological polar surface area (TPSA) is 42.2 Å². The first-order valence-corrected chi connectivity index (χ1v) is 4.56. The van der Waals surface area contributed by atoms with Crippen molar-refractivity contribution in [1.82, 2.24) is 0 Å². The molecule has 0 rings (SSSR count). The molecule has 0 bridgehead atoms. The molecule has 0 radical (unpaired) electrons. The van der Waals surface area contributed by atoms with Gasteiger partial charge in [-0.2, -0.15) is 5.26 Å². The van der Waals surface area contributed by atoms with Gasteiger partial charge < -0.3 is 9.47 Å². The van der Waals surface area contributed by atoms with Gasteiger partial charge in [-0.25, -0.2) is 0 Å². The summed E-state index contributed by atoms with van der Waals surface area (Å²) in [5, 5.41) is 8.68. The summed E-state index contributed by atoms with van der Waals surface area (Å²) in [5.74, 6) is 0. The number of ether oxygens (including phenoxy) is 2. The number of hydrogen-bond donors (Lipinski definition) is 0. The molecule has 0 saturated heterocycles. The van der Waals surface area contributed by atoms with Gasteiger partial charge in [0.2, 0.25) is 0 Å². The molecular formula is C10H17NO2. The molecule has 0 aromatic carbocycles. The fourth-order valence-electron chi connectivity index (χ4n) is 0.945. The van der Waals surface area contributed by atoms with Crippen LogP contribution in [0, 0.1) is 11.3 Å². The van der Waals surface area contributed by atoms with E-state index in [-0.39, 0.29) is 6.29 Å². The van der Waals surface area contributed by atoms with Crippen molar-refractivity contribution >= 4 is 0 Å². The lowest BCUT2D eigenvalue weighted by Crippen LogP contribution is -2.17. The van der Waals surface area contributed by atoms with E-state index in [1.807, 2.05) is 20.8 Å². The Morgan fingerprint density at radius 1 is 1.38 bits per heavy atom. The van der Waals surface area contributed by atoms with Crippen molar-refractivity contribution in [3.63, 3.8) is 0 Å². The molecule has 3 nitrogen and oxygen atoms in total. The van der Waals surface area contributed by atoms with Gasteiger partial charge in [0, 0.05) is 25.2 Å². The van der Waals surface area contributed by atoms with Crippen molar-refractivity contribution in [2.45, 2.75) is 33.5 Å². The number of allylic oxidation sites excluding steroid dienone is 1. The summed E-state index contributed by atoms with van der Waals surface area (Å²) in [6.45, 7) is 6.87. The highest BCUT2D eigenvalue weighted by Crippen LogP contribution is 2.09. The van der Waals surface area contributed by atoms with Crippen molar-refractivity contribution < 1.29 is 9.47 Å². The summed E-state index contributed by atoms with van der Waals surface area (Å²) in [6, 6.07) is 2.10. The van der Waals surface area contributed by atoms with Crippen LogP contribution in [0.3, 0.4) is 0 Å². The van der Waals surface area contributed by atoms with Gasteiger partial charge in [0.25, 0.3) is 0 Å². The van der Waals surface area contributed by atoms with Crippen LogP contribution in [0.15, 0.2) is 11.6 Å². The molecule has 0 saturated carbocycles. The minimum atomic E-state index is -0.277. The van der Waals surface area contributed by atoms with Crippen molar-refractivity contribution in [2.75, 3.05) is 13.2 Å². The molecule has 3 heteroatoms.